The molecule has 0 unspecified atom stereocenters. The summed E-state index contributed by atoms with van der Waals surface area (Å²) in [6, 6.07) is 7.83. The molecule has 23 heavy (non-hydrogen) atoms. The molecule has 0 bridgehead atoms. The van der Waals surface area contributed by atoms with E-state index in [-0.39, 0.29) is 5.91 Å². The molecule has 1 heterocycles. The number of morpholine rings is 1. The van der Waals surface area contributed by atoms with Crippen LogP contribution in [0.5, 0.6) is 5.75 Å². The molecule has 1 aromatic rings. The van der Waals surface area contributed by atoms with Gasteiger partial charge in [-0.15, -0.1) is 0 Å². The minimum absolute atomic E-state index is 0.0265. The number of hydrogen-bond acceptors (Lipinski definition) is 5. The Balaban J connectivity index is 1.76. The average molecular weight is 321 g/mol. The fraction of sp³-hybridized carbons (Fsp3) is 0.588. The van der Waals surface area contributed by atoms with Crippen LogP contribution in [0, 0.1) is 0 Å². The molecule has 0 aliphatic carbocycles. The maximum absolute atomic E-state index is 11.7. The quantitative estimate of drug-likeness (QED) is 0.702. The van der Waals surface area contributed by atoms with Gasteiger partial charge in [-0.25, -0.2) is 0 Å². The minimum Gasteiger partial charge on any atom is -0.492 e. The molecule has 6 heteroatoms. The molecule has 0 saturated carbocycles. The van der Waals surface area contributed by atoms with Crippen LogP contribution < -0.4 is 15.8 Å². The lowest BCUT2D eigenvalue weighted by Gasteiger charge is -2.26. The molecule has 1 aliphatic rings. The van der Waals surface area contributed by atoms with E-state index >= 15 is 0 Å². The molecule has 2 rings (SSSR count). The van der Waals surface area contributed by atoms with Crippen molar-refractivity contribution in [1.29, 1.82) is 0 Å². The molecule has 1 fully saturated rings. The molecule has 6 nitrogen and oxygen atoms in total. The Labute approximate surface area is 137 Å². The highest BCUT2D eigenvalue weighted by atomic mass is 16.5. The number of carbonyl (C=O) groups is 1. The summed E-state index contributed by atoms with van der Waals surface area (Å²) in [7, 11) is 0. The number of nitrogens with two attached hydrogens (primary N) is 1. The molecular weight excluding hydrogens is 294 g/mol. The van der Waals surface area contributed by atoms with Crippen LogP contribution in [0.15, 0.2) is 24.3 Å². The van der Waals surface area contributed by atoms with E-state index in [9.17, 15) is 4.79 Å². The SMILES string of the molecule is NCCCC(=O)NCc1ccccc1OCCN1CCOCC1. The van der Waals surface area contributed by atoms with E-state index in [4.69, 9.17) is 15.2 Å². The van der Waals surface area contributed by atoms with Crippen molar-refractivity contribution in [2.24, 2.45) is 5.73 Å². The third-order valence-corrected chi connectivity index (χ3v) is 3.83. The van der Waals surface area contributed by atoms with Crippen molar-refractivity contribution in [3.8, 4) is 5.75 Å². The summed E-state index contributed by atoms with van der Waals surface area (Å²) >= 11 is 0. The maximum Gasteiger partial charge on any atom is 0.220 e. The van der Waals surface area contributed by atoms with Crippen molar-refractivity contribution in [2.45, 2.75) is 19.4 Å². The number of rotatable bonds is 9. The average Bonchev–Trinajstić information content (AvgIpc) is 2.60. The van der Waals surface area contributed by atoms with Gasteiger partial charge in [0.05, 0.1) is 13.2 Å². The van der Waals surface area contributed by atoms with Gasteiger partial charge in [0.25, 0.3) is 0 Å². The van der Waals surface area contributed by atoms with Crippen molar-refractivity contribution < 1.29 is 14.3 Å². The van der Waals surface area contributed by atoms with Crippen molar-refractivity contribution >= 4 is 5.91 Å². The molecule has 1 saturated heterocycles. The number of nitrogens with one attached hydrogen (secondary N) is 1. The summed E-state index contributed by atoms with van der Waals surface area (Å²) in [4.78, 5) is 14.0. The number of carbonyl (C=O) groups excluding carboxylic acids is 1. The molecule has 0 radical (unpaired) electrons. The zero-order valence-corrected chi connectivity index (χ0v) is 13.6. The smallest absolute Gasteiger partial charge is 0.220 e. The highest BCUT2D eigenvalue weighted by molar-refractivity contribution is 5.75. The van der Waals surface area contributed by atoms with Gasteiger partial charge in [-0.05, 0) is 19.0 Å². The Kier molecular flexibility index (Phi) is 7.86. The zero-order chi connectivity index (χ0) is 16.3. The van der Waals surface area contributed by atoms with Gasteiger partial charge in [0.1, 0.15) is 12.4 Å². The van der Waals surface area contributed by atoms with Gasteiger partial charge in [0.15, 0.2) is 0 Å². The number of hydrogen-bond donors (Lipinski definition) is 2. The topological polar surface area (TPSA) is 76.8 Å². The Morgan fingerprint density at radius 1 is 1.30 bits per heavy atom. The van der Waals surface area contributed by atoms with Gasteiger partial charge >= 0.3 is 0 Å². The van der Waals surface area contributed by atoms with Gasteiger partial charge in [0, 0.05) is 38.2 Å². The van der Waals surface area contributed by atoms with Crippen molar-refractivity contribution in [3.63, 3.8) is 0 Å². The van der Waals surface area contributed by atoms with E-state index in [0.717, 1.165) is 44.2 Å². The maximum atomic E-state index is 11.7. The Morgan fingerprint density at radius 3 is 2.87 bits per heavy atom. The van der Waals surface area contributed by atoms with Crippen LogP contribution in [0.1, 0.15) is 18.4 Å². The first-order valence-electron chi connectivity index (χ1n) is 8.27. The molecular formula is C17H27N3O3. The molecule has 1 aliphatic heterocycles. The predicted octanol–water partition coefficient (Wildman–Crippen LogP) is 0.753. The monoisotopic (exact) mass is 321 g/mol. The normalized spacial score (nSPS) is 15.3. The van der Waals surface area contributed by atoms with Gasteiger partial charge < -0.3 is 20.5 Å². The lowest BCUT2D eigenvalue weighted by atomic mass is 10.2. The second kappa shape index (κ2) is 10.2. The molecule has 0 spiro atoms. The Morgan fingerprint density at radius 2 is 2.09 bits per heavy atom. The fourth-order valence-electron chi connectivity index (χ4n) is 2.44. The largest absolute Gasteiger partial charge is 0.492 e. The molecule has 1 amide bonds. The molecule has 3 N–H and O–H groups in total. The van der Waals surface area contributed by atoms with Crippen molar-refractivity contribution in [1.82, 2.24) is 10.2 Å². The van der Waals surface area contributed by atoms with E-state index in [2.05, 4.69) is 10.2 Å². The summed E-state index contributed by atoms with van der Waals surface area (Å²) in [6.07, 6.45) is 1.18. The Bertz CT molecular complexity index is 476. The summed E-state index contributed by atoms with van der Waals surface area (Å²) in [5.74, 6) is 0.860. The van der Waals surface area contributed by atoms with E-state index in [1.165, 1.54) is 0 Å². The van der Waals surface area contributed by atoms with Crippen molar-refractivity contribution in [3.05, 3.63) is 29.8 Å². The molecule has 0 aromatic heterocycles. The second-order valence-electron chi connectivity index (χ2n) is 5.58. The van der Waals surface area contributed by atoms with E-state index in [0.29, 0.717) is 32.5 Å². The highest BCUT2D eigenvalue weighted by Crippen LogP contribution is 2.17. The standard InChI is InChI=1S/C17H27N3O3/c18-7-3-6-17(21)19-14-15-4-1-2-5-16(15)23-13-10-20-8-11-22-12-9-20/h1-2,4-5H,3,6-14,18H2,(H,19,21). The summed E-state index contributed by atoms with van der Waals surface area (Å²) < 4.78 is 11.2. The number of para-hydroxylation sites is 1. The van der Waals surface area contributed by atoms with E-state index in [1.807, 2.05) is 24.3 Å². The van der Waals surface area contributed by atoms with Crippen molar-refractivity contribution in [2.75, 3.05) is 46.0 Å². The van der Waals surface area contributed by atoms with Crippen LogP contribution in [0.3, 0.4) is 0 Å². The summed E-state index contributed by atoms with van der Waals surface area (Å²) in [5, 5.41) is 2.91. The van der Waals surface area contributed by atoms with Crippen LogP contribution in [0.25, 0.3) is 0 Å². The lowest BCUT2D eigenvalue weighted by molar-refractivity contribution is -0.121. The highest BCUT2D eigenvalue weighted by Gasteiger charge is 2.11. The first kappa shape index (κ1) is 17.7. The fourth-order valence-corrected chi connectivity index (χ4v) is 2.44. The number of benzene rings is 1. The number of nitrogens with zero attached hydrogens (tertiary/aromatic N) is 1. The summed E-state index contributed by atoms with van der Waals surface area (Å²) in [5.41, 5.74) is 6.41. The molecule has 0 atom stereocenters. The van der Waals surface area contributed by atoms with Gasteiger partial charge in [-0.2, -0.15) is 0 Å². The van der Waals surface area contributed by atoms with Gasteiger partial charge in [-0.3, -0.25) is 9.69 Å². The first-order valence-corrected chi connectivity index (χ1v) is 8.27. The lowest BCUT2D eigenvalue weighted by Crippen LogP contribution is -2.38. The van der Waals surface area contributed by atoms with Gasteiger partial charge in [0.2, 0.25) is 5.91 Å². The van der Waals surface area contributed by atoms with Crippen LogP contribution in [-0.4, -0.2) is 56.8 Å². The third kappa shape index (κ3) is 6.56. The predicted molar refractivity (Wildman–Crippen MR) is 89.3 cm³/mol. The molecule has 1 aromatic carbocycles. The zero-order valence-electron chi connectivity index (χ0n) is 13.6. The number of ether oxygens (including phenoxy) is 2. The second-order valence-corrected chi connectivity index (χ2v) is 5.58. The van der Waals surface area contributed by atoms with Crippen LogP contribution in [0.4, 0.5) is 0 Å². The Hall–Kier alpha value is -1.63. The minimum atomic E-state index is 0.0265. The number of amides is 1. The summed E-state index contributed by atoms with van der Waals surface area (Å²) in [6.45, 7) is 6.06. The van der Waals surface area contributed by atoms with Crippen LogP contribution in [0.2, 0.25) is 0 Å². The molecule has 128 valence electrons. The third-order valence-electron chi connectivity index (χ3n) is 3.83. The van der Waals surface area contributed by atoms with Crippen LogP contribution >= 0.6 is 0 Å². The van der Waals surface area contributed by atoms with E-state index in [1.54, 1.807) is 0 Å². The van der Waals surface area contributed by atoms with Gasteiger partial charge in [-0.1, -0.05) is 18.2 Å². The van der Waals surface area contributed by atoms with Crippen LogP contribution in [-0.2, 0) is 16.1 Å². The first-order chi connectivity index (χ1) is 11.3. The van der Waals surface area contributed by atoms with E-state index < -0.39 is 0 Å².